The van der Waals surface area contributed by atoms with E-state index in [1.807, 2.05) is 47.9 Å². The number of hydrogen-bond donors (Lipinski definition) is 1. The molecule has 7 heteroatoms. The third-order valence-electron chi connectivity index (χ3n) is 4.80. The van der Waals surface area contributed by atoms with Gasteiger partial charge in [0.1, 0.15) is 12.4 Å². The molecule has 162 valence electrons. The Bertz CT molecular complexity index is 1060. The quantitative estimate of drug-likeness (QED) is 0.360. The van der Waals surface area contributed by atoms with E-state index in [0.29, 0.717) is 24.1 Å². The highest BCUT2D eigenvalue weighted by atomic mass is 32.2. The molecule has 1 N–H and O–H groups in total. The minimum Gasteiger partial charge on any atom is -0.485 e. The number of nitrogens with zero attached hydrogens (tertiary/aromatic N) is 3. The van der Waals surface area contributed by atoms with Gasteiger partial charge in [0, 0.05) is 12.2 Å². The second kappa shape index (κ2) is 10.8. The molecule has 3 aromatic rings. The maximum atomic E-state index is 12.5. The Morgan fingerprint density at radius 1 is 1.23 bits per heavy atom. The minimum absolute atomic E-state index is 0.0767. The molecule has 1 aromatic heterocycles. The molecule has 0 saturated carbocycles. The molecule has 1 heterocycles. The van der Waals surface area contributed by atoms with Gasteiger partial charge in [0.25, 0.3) is 0 Å². The van der Waals surface area contributed by atoms with Crippen LogP contribution in [-0.2, 0) is 24.4 Å². The highest BCUT2D eigenvalue weighted by Crippen LogP contribution is 2.22. The molecule has 1 amide bonds. The van der Waals surface area contributed by atoms with Crippen molar-refractivity contribution in [3.8, 4) is 5.75 Å². The van der Waals surface area contributed by atoms with Gasteiger partial charge in [-0.2, -0.15) is 0 Å². The van der Waals surface area contributed by atoms with Gasteiger partial charge in [-0.3, -0.25) is 9.36 Å². The van der Waals surface area contributed by atoms with Crippen LogP contribution in [0.3, 0.4) is 0 Å². The van der Waals surface area contributed by atoms with E-state index in [-0.39, 0.29) is 11.7 Å². The highest BCUT2D eigenvalue weighted by molar-refractivity contribution is 7.99. The number of aryl methyl sites for hydroxylation is 3. The third-order valence-corrected chi connectivity index (χ3v) is 5.76. The fraction of sp³-hybridized carbons (Fsp3) is 0.292. The molecule has 31 heavy (non-hydrogen) atoms. The summed E-state index contributed by atoms with van der Waals surface area (Å²) in [5, 5.41) is 12.2. The van der Waals surface area contributed by atoms with E-state index in [0.717, 1.165) is 29.0 Å². The molecule has 0 unspecified atom stereocenters. The van der Waals surface area contributed by atoms with Crippen molar-refractivity contribution in [1.82, 2.24) is 14.8 Å². The fourth-order valence-corrected chi connectivity index (χ4v) is 3.98. The van der Waals surface area contributed by atoms with Gasteiger partial charge in [0.15, 0.2) is 11.0 Å². The van der Waals surface area contributed by atoms with Crippen molar-refractivity contribution >= 4 is 23.4 Å². The first-order valence-corrected chi connectivity index (χ1v) is 11.2. The molecule has 2 aromatic carbocycles. The van der Waals surface area contributed by atoms with Gasteiger partial charge >= 0.3 is 0 Å². The van der Waals surface area contributed by atoms with E-state index in [9.17, 15) is 4.79 Å². The number of carbonyl (C=O) groups is 1. The summed E-state index contributed by atoms with van der Waals surface area (Å²) >= 11 is 1.35. The summed E-state index contributed by atoms with van der Waals surface area (Å²) in [4.78, 5) is 12.5. The number of amides is 1. The number of anilines is 1. The van der Waals surface area contributed by atoms with Crippen LogP contribution in [0.2, 0.25) is 0 Å². The number of nitrogens with one attached hydrogen (secondary N) is 1. The molecule has 0 bridgehead atoms. The molecular weight excluding hydrogens is 408 g/mol. The number of ether oxygens (including phenoxy) is 1. The molecule has 0 radical (unpaired) electrons. The van der Waals surface area contributed by atoms with Crippen molar-refractivity contribution in [2.75, 3.05) is 11.1 Å². The lowest BCUT2D eigenvalue weighted by atomic mass is 10.1. The molecule has 0 spiro atoms. The number of hydrogen-bond acceptors (Lipinski definition) is 5. The number of benzene rings is 2. The second-order valence-corrected chi connectivity index (χ2v) is 8.15. The molecular formula is C24H28N4O2S. The SMILES string of the molecule is C=CCn1c(COc2ccc(C)cc2C)nnc1SCC(=O)Nc1ccccc1CC. The summed E-state index contributed by atoms with van der Waals surface area (Å²) in [6, 6.07) is 13.9. The molecule has 0 saturated heterocycles. The van der Waals surface area contributed by atoms with Crippen LogP contribution in [0.15, 0.2) is 60.3 Å². The van der Waals surface area contributed by atoms with Crippen LogP contribution in [0.1, 0.15) is 29.4 Å². The van der Waals surface area contributed by atoms with Crippen LogP contribution >= 0.6 is 11.8 Å². The minimum atomic E-state index is -0.0767. The van der Waals surface area contributed by atoms with E-state index in [1.165, 1.54) is 17.3 Å². The maximum Gasteiger partial charge on any atom is 0.234 e. The topological polar surface area (TPSA) is 69.0 Å². The first-order valence-electron chi connectivity index (χ1n) is 10.3. The summed E-state index contributed by atoms with van der Waals surface area (Å²) in [5.74, 6) is 1.68. The van der Waals surface area contributed by atoms with Crippen LogP contribution < -0.4 is 10.1 Å². The van der Waals surface area contributed by atoms with Crippen LogP contribution in [-0.4, -0.2) is 26.4 Å². The average Bonchev–Trinajstić information content (AvgIpc) is 3.14. The second-order valence-electron chi connectivity index (χ2n) is 7.20. The summed E-state index contributed by atoms with van der Waals surface area (Å²) in [6.07, 6.45) is 2.65. The van der Waals surface area contributed by atoms with Crippen molar-refractivity contribution < 1.29 is 9.53 Å². The van der Waals surface area contributed by atoms with Crippen LogP contribution in [0, 0.1) is 13.8 Å². The van der Waals surface area contributed by atoms with E-state index >= 15 is 0 Å². The lowest BCUT2D eigenvalue weighted by molar-refractivity contribution is -0.113. The van der Waals surface area contributed by atoms with Crippen molar-refractivity contribution in [1.29, 1.82) is 0 Å². The van der Waals surface area contributed by atoms with Gasteiger partial charge in [-0.1, -0.05) is 60.7 Å². The Kier molecular flexibility index (Phi) is 7.89. The van der Waals surface area contributed by atoms with Crippen molar-refractivity contribution in [2.24, 2.45) is 0 Å². The monoisotopic (exact) mass is 436 g/mol. The predicted octanol–water partition coefficient (Wildman–Crippen LogP) is 4.95. The van der Waals surface area contributed by atoms with E-state index in [4.69, 9.17) is 4.74 Å². The number of carbonyl (C=O) groups excluding carboxylic acids is 1. The first-order chi connectivity index (χ1) is 15.0. The average molecular weight is 437 g/mol. The van der Waals surface area contributed by atoms with Crippen molar-refractivity contribution in [3.05, 3.63) is 77.6 Å². The van der Waals surface area contributed by atoms with Gasteiger partial charge in [-0.05, 0) is 43.5 Å². The summed E-state index contributed by atoms with van der Waals surface area (Å²) < 4.78 is 7.89. The molecule has 0 fully saturated rings. The van der Waals surface area contributed by atoms with Crippen LogP contribution in [0.4, 0.5) is 5.69 Å². The van der Waals surface area contributed by atoms with E-state index in [1.54, 1.807) is 6.08 Å². The molecule has 0 atom stereocenters. The number of allylic oxidation sites excluding steroid dienone is 1. The normalized spacial score (nSPS) is 10.7. The Morgan fingerprint density at radius 2 is 2.03 bits per heavy atom. The van der Waals surface area contributed by atoms with Crippen molar-refractivity contribution in [3.63, 3.8) is 0 Å². The van der Waals surface area contributed by atoms with Crippen molar-refractivity contribution in [2.45, 2.75) is 45.5 Å². The Hall–Kier alpha value is -3.06. The molecule has 6 nitrogen and oxygen atoms in total. The van der Waals surface area contributed by atoms with E-state index in [2.05, 4.69) is 42.0 Å². The van der Waals surface area contributed by atoms with Gasteiger partial charge < -0.3 is 10.1 Å². The summed E-state index contributed by atoms with van der Waals surface area (Å²) in [6.45, 7) is 10.8. The van der Waals surface area contributed by atoms with Gasteiger partial charge in [-0.15, -0.1) is 16.8 Å². The number of rotatable bonds is 10. The Morgan fingerprint density at radius 3 is 2.77 bits per heavy atom. The zero-order valence-electron chi connectivity index (χ0n) is 18.2. The smallest absolute Gasteiger partial charge is 0.234 e. The van der Waals surface area contributed by atoms with Gasteiger partial charge in [0.05, 0.1) is 5.75 Å². The zero-order chi connectivity index (χ0) is 22.2. The van der Waals surface area contributed by atoms with Gasteiger partial charge in [-0.25, -0.2) is 0 Å². The largest absolute Gasteiger partial charge is 0.485 e. The van der Waals surface area contributed by atoms with Crippen LogP contribution in [0.5, 0.6) is 5.75 Å². The van der Waals surface area contributed by atoms with Gasteiger partial charge in [0.2, 0.25) is 5.91 Å². The first kappa shape index (κ1) is 22.6. The summed E-state index contributed by atoms with van der Waals surface area (Å²) in [5.41, 5.74) is 4.24. The fourth-order valence-electron chi connectivity index (χ4n) is 3.22. The molecule has 3 rings (SSSR count). The molecule has 0 aliphatic carbocycles. The Labute approximate surface area is 187 Å². The number of aromatic nitrogens is 3. The highest BCUT2D eigenvalue weighted by Gasteiger charge is 2.15. The lowest BCUT2D eigenvalue weighted by Crippen LogP contribution is -2.16. The van der Waals surface area contributed by atoms with Crippen LogP contribution in [0.25, 0.3) is 0 Å². The Balaban J connectivity index is 1.64. The predicted molar refractivity (Wildman–Crippen MR) is 126 cm³/mol. The zero-order valence-corrected chi connectivity index (χ0v) is 19.0. The summed E-state index contributed by atoms with van der Waals surface area (Å²) in [7, 11) is 0. The maximum absolute atomic E-state index is 12.5. The van der Waals surface area contributed by atoms with E-state index < -0.39 is 0 Å². The number of thioether (sulfide) groups is 1. The lowest BCUT2D eigenvalue weighted by Gasteiger charge is -2.11. The number of para-hydroxylation sites is 1. The third kappa shape index (κ3) is 5.98. The molecule has 0 aliphatic rings. The molecule has 0 aliphatic heterocycles. The standard InChI is InChI=1S/C24H28N4O2S/c1-5-13-28-22(15-30-21-12-11-17(3)14-18(21)4)26-27-24(28)31-16-23(29)25-20-10-8-7-9-19(20)6-2/h5,7-12,14H,1,6,13,15-16H2,2-4H3,(H,25,29).